The van der Waals surface area contributed by atoms with Crippen LogP contribution in [0.1, 0.15) is 26.2 Å². The second-order valence-corrected chi connectivity index (χ2v) is 7.85. The van der Waals surface area contributed by atoms with Gasteiger partial charge in [-0.3, -0.25) is 14.7 Å². The predicted molar refractivity (Wildman–Crippen MR) is 112 cm³/mol. The van der Waals surface area contributed by atoms with Crippen LogP contribution in [0.4, 0.5) is 5.69 Å². The average Bonchev–Trinajstić information content (AvgIpc) is 2.76. The van der Waals surface area contributed by atoms with Gasteiger partial charge >= 0.3 is 5.97 Å². The van der Waals surface area contributed by atoms with Crippen LogP contribution in [0.15, 0.2) is 24.4 Å². The molecule has 1 fully saturated rings. The number of aromatic nitrogens is 1. The Hall–Kier alpha value is -2.54. The summed E-state index contributed by atoms with van der Waals surface area (Å²) >= 11 is 0. The third-order valence-corrected chi connectivity index (χ3v) is 6.27. The lowest BCUT2D eigenvalue weighted by atomic mass is 9.88. The normalized spacial score (nSPS) is 22.2. The minimum absolute atomic E-state index is 0.356. The summed E-state index contributed by atoms with van der Waals surface area (Å²) in [6.45, 7) is 6.03. The molecule has 1 N–H and O–H groups in total. The molecule has 2 aliphatic heterocycles. The lowest BCUT2D eigenvalue weighted by Gasteiger charge is -2.38. The Bertz CT molecular complexity index is 882. The van der Waals surface area contributed by atoms with E-state index in [-0.39, 0.29) is 6.04 Å². The van der Waals surface area contributed by atoms with E-state index in [1.807, 2.05) is 25.1 Å². The van der Waals surface area contributed by atoms with Crippen LogP contribution in [-0.4, -0.2) is 66.9 Å². The first-order chi connectivity index (χ1) is 14.1. The van der Waals surface area contributed by atoms with Gasteiger partial charge in [-0.25, -0.2) is 0 Å². The van der Waals surface area contributed by atoms with Gasteiger partial charge in [0.1, 0.15) is 18.4 Å². The standard InChI is InChI=1S/C22H29N3O4/c1-3-24-8-6-15(12-19(24)22(26)27)7-9-25-10-11-29-20-14-23-18-5-4-16(28-2)13-17(18)21(20)25/h4-5,13-15,19H,3,6-12H2,1-2H3,(H,26,27)/t15?,19-/m0/s1. The molecule has 0 radical (unpaired) electrons. The molecular weight excluding hydrogens is 370 g/mol. The molecule has 156 valence electrons. The number of benzene rings is 1. The van der Waals surface area contributed by atoms with E-state index in [1.165, 1.54) is 0 Å². The number of carbonyl (C=O) groups is 1. The highest BCUT2D eigenvalue weighted by Crippen LogP contribution is 2.39. The van der Waals surface area contributed by atoms with Gasteiger partial charge in [0, 0.05) is 11.9 Å². The largest absolute Gasteiger partial charge is 0.497 e. The van der Waals surface area contributed by atoms with E-state index >= 15 is 0 Å². The first-order valence-electron chi connectivity index (χ1n) is 10.4. The van der Waals surface area contributed by atoms with Crippen molar-refractivity contribution >= 4 is 22.6 Å². The van der Waals surface area contributed by atoms with Crippen molar-refractivity contribution in [2.75, 3.05) is 44.8 Å². The van der Waals surface area contributed by atoms with Gasteiger partial charge in [0.25, 0.3) is 0 Å². The zero-order valence-corrected chi connectivity index (χ0v) is 17.1. The van der Waals surface area contributed by atoms with Gasteiger partial charge in [-0.05, 0) is 56.5 Å². The van der Waals surface area contributed by atoms with Crippen LogP contribution in [-0.2, 0) is 4.79 Å². The summed E-state index contributed by atoms with van der Waals surface area (Å²) in [5.74, 6) is 1.33. The van der Waals surface area contributed by atoms with Gasteiger partial charge in [-0.1, -0.05) is 6.92 Å². The number of likely N-dealkylation sites (N-methyl/N-ethyl adjacent to an activating group) is 1. The minimum Gasteiger partial charge on any atom is -0.497 e. The number of fused-ring (bicyclic) bond motifs is 3. The highest BCUT2D eigenvalue weighted by molar-refractivity contribution is 5.96. The van der Waals surface area contributed by atoms with E-state index in [1.54, 1.807) is 13.3 Å². The Labute approximate surface area is 171 Å². The fourth-order valence-electron chi connectivity index (χ4n) is 4.62. The number of nitrogens with zero attached hydrogens (tertiary/aromatic N) is 3. The molecule has 2 aromatic rings. The molecule has 1 aromatic heterocycles. The number of rotatable bonds is 6. The highest BCUT2D eigenvalue weighted by atomic mass is 16.5. The number of piperidine rings is 1. The van der Waals surface area contributed by atoms with Crippen LogP contribution in [0.3, 0.4) is 0 Å². The van der Waals surface area contributed by atoms with Crippen molar-refractivity contribution < 1.29 is 19.4 Å². The van der Waals surface area contributed by atoms with Crippen molar-refractivity contribution in [1.82, 2.24) is 9.88 Å². The summed E-state index contributed by atoms with van der Waals surface area (Å²) in [6, 6.07) is 5.55. The zero-order chi connectivity index (χ0) is 20.4. The molecule has 0 aliphatic carbocycles. The zero-order valence-electron chi connectivity index (χ0n) is 17.1. The number of aliphatic carboxylic acids is 1. The smallest absolute Gasteiger partial charge is 0.320 e. The van der Waals surface area contributed by atoms with Gasteiger partial charge in [-0.15, -0.1) is 0 Å². The molecule has 7 heteroatoms. The summed E-state index contributed by atoms with van der Waals surface area (Å²) in [4.78, 5) is 20.6. The summed E-state index contributed by atoms with van der Waals surface area (Å²) in [5, 5.41) is 10.6. The molecule has 29 heavy (non-hydrogen) atoms. The van der Waals surface area contributed by atoms with Crippen molar-refractivity contribution in [2.45, 2.75) is 32.2 Å². The van der Waals surface area contributed by atoms with E-state index in [0.29, 0.717) is 12.5 Å². The predicted octanol–water partition coefficient (Wildman–Crippen LogP) is 3.02. The van der Waals surface area contributed by atoms with E-state index in [9.17, 15) is 9.90 Å². The SMILES string of the molecule is CCN1CCC(CCN2CCOc3cnc4ccc(OC)cc4c32)C[C@H]1C(=O)O. The Morgan fingerprint density at radius 1 is 1.38 bits per heavy atom. The molecule has 0 saturated carbocycles. The molecule has 1 saturated heterocycles. The fourth-order valence-corrected chi connectivity index (χ4v) is 4.62. The first kappa shape index (κ1) is 19.8. The van der Waals surface area contributed by atoms with Crippen LogP contribution in [0.2, 0.25) is 0 Å². The summed E-state index contributed by atoms with van der Waals surface area (Å²) in [6.07, 6.45) is 4.57. The van der Waals surface area contributed by atoms with E-state index < -0.39 is 5.97 Å². The average molecular weight is 399 g/mol. The summed E-state index contributed by atoms with van der Waals surface area (Å²) < 4.78 is 11.3. The molecule has 2 atom stereocenters. The molecule has 0 amide bonds. The van der Waals surface area contributed by atoms with Crippen LogP contribution >= 0.6 is 0 Å². The lowest BCUT2D eigenvalue weighted by molar-refractivity contribution is -0.145. The third-order valence-electron chi connectivity index (χ3n) is 6.27. The number of hydrogen-bond acceptors (Lipinski definition) is 6. The van der Waals surface area contributed by atoms with Crippen molar-refractivity contribution in [3.8, 4) is 11.5 Å². The van der Waals surface area contributed by atoms with Gasteiger partial charge in [0.2, 0.25) is 0 Å². The number of ether oxygens (including phenoxy) is 2. The van der Waals surface area contributed by atoms with E-state index in [2.05, 4.69) is 14.8 Å². The number of methoxy groups -OCH3 is 1. The number of pyridine rings is 1. The van der Waals surface area contributed by atoms with Gasteiger partial charge in [0.05, 0.1) is 31.1 Å². The number of anilines is 1. The molecule has 0 bridgehead atoms. The Kier molecular flexibility index (Phi) is 5.76. The molecule has 1 unspecified atom stereocenters. The van der Waals surface area contributed by atoms with Gasteiger partial charge in [-0.2, -0.15) is 0 Å². The van der Waals surface area contributed by atoms with E-state index in [0.717, 1.165) is 73.5 Å². The van der Waals surface area contributed by atoms with Crippen LogP contribution in [0, 0.1) is 5.92 Å². The summed E-state index contributed by atoms with van der Waals surface area (Å²) in [5.41, 5.74) is 1.99. The minimum atomic E-state index is -0.697. The van der Waals surface area contributed by atoms with Crippen molar-refractivity contribution in [2.24, 2.45) is 5.92 Å². The number of carboxylic acids is 1. The van der Waals surface area contributed by atoms with Crippen molar-refractivity contribution in [3.05, 3.63) is 24.4 Å². The van der Waals surface area contributed by atoms with Gasteiger partial charge < -0.3 is 19.5 Å². The topological polar surface area (TPSA) is 75.1 Å². The number of hydrogen-bond donors (Lipinski definition) is 1. The maximum atomic E-state index is 11.7. The molecule has 7 nitrogen and oxygen atoms in total. The maximum Gasteiger partial charge on any atom is 0.320 e. The maximum absolute atomic E-state index is 11.7. The van der Waals surface area contributed by atoms with E-state index in [4.69, 9.17) is 9.47 Å². The fraction of sp³-hybridized carbons (Fsp3) is 0.545. The van der Waals surface area contributed by atoms with Crippen LogP contribution in [0.5, 0.6) is 11.5 Å². The highest BCUT2D eigenvalue weighted by Gasteiger charge is 2.33. The molecule has 2 aliphatic rings. The van der Waals surface area contributed by atoms with Crippen LogP contribution < -0.4 is 14.4 Å². The molecule has 0 spiro atoms. The Morgan fingerprint density at radius 3 is 3.00 bits per heavy atom. The van der Waals surface area contributed by atoms with Crippen molar-refractivity contribution in [1.29, 1.82) is 0 Å². The monoisotopic (exact) mass is 399 g/mol. The number of carboxylic acid groups (broad SMARTS) is 1. The molecule has 4 rings (SSSR count). The Morgan fingerprint density at radius 2 is 2.24 bits per heavy atom. The molecule has 1 aromatic carbocycles. The Balaban J connectivity index is 1.53. The molecular formula is C22H29N3O4. The van der Waals surface area contributed by atoms with Gasteiger partial charge in [0.15, 0.2) is 5.75 Å². The van der Waals surface area contributed by atoms with Crippen LogP contribution in [0.25, 0.3) is 10.9 Å². The second kappa shape index (κ2) is 8.45. The first-order valence-corrected chi connectivity index (χ1v) is 10.4. The second-order valence-electron chi connectivity index (χ2n) is 7.85. The number of likely N-dealkylation sites (tertiary alicyclic amines) is 1. The van der Waals surface area contributed by atoms with Crippen molar-refractivity contribution in [3.63, 3.8) is 0 Å². The third kappa shape index (κ3) is 3.96. The lowest BCUT2D eigenvalue weighted by Crippen LogP contribution is -2.47. The summed E-state index contributed by atoms with van der Waals surface area (Å²) in [7, 11) is 1.67. The molecule has 3 heterocycles. The quantitative estimate of drug-likeness (QED) is 0.800.